The van der Waals surface area contributed by atoms with Gasteiger partial charge in [0, 0.05) is 5.54 Å². The summed E-state index contributed by atoms with van der Waals surface area (Å²) in [6, 6.07) is 0. The number of hydrogen-bond acceptors (Lipinski definition) is 0. The average molecular weight is 261 g/mol. The maximum atomic E-state index is 5.56. The van der Waals surface area contributed by atoms with E-state index in [2.05, 4.69) is 21.0 Å². The Morgan fingerprint density at radius 2 is 1.41 bits per heavy atom. The zero-order valence-corrected chi connectivity index (χ0v) is 12.8. The predicted octanol–water partition coefficient (Wildman–Crippen LogP) is 4.96. The molecule has 102 valence electrons. The van der Waals surface area contributed by atoms with Crippen LogP contribution in [0.5, 0.6) is 0 Å². The van der Waals surface area contributed by atoms with Crippen LogP contribution in [-0.2, 0) is 0 Å². The van der Waals surface area contributed by atoms with E-state index in [4.69, 9.17) is 11.6 Å². The number of quaternary nitrogens is 1. The lowest BCUT2D eigenvalue weighted by molar-refractivity contribution is -0.884. The standard InChI is InChI=1S/C15H31ClN/c1-4-5-6-7-8-9-10-11-14-17(2,3)15-12-13-16/h12-13H,4-11,14-15H2,1-3H3/q+1/b13-12+. The van der Waals surface area contributed by atoms with Crippen LogP contribution in [0.15, 0.2) is 11.6 Å². The van der Waals surface area contributed by atoms with Crippen LogP contribution in [0, 0.1) is 0 Å². The van der Waals surface area contributed by atoms with Crippen LogP contribution in [0.3, 0.4) is 0 Å². The van der Waals surface area contributed by atoms with Crippen LogP contribution in [-0.4, -0.2) is 31.7 Å². The van der Waals surface area contributed by atoms with Gasteiger partial charge in [0.15, 0.2) is 0 Å². The summed E-state index contributed by atoms with van der Waals surface area (Å²) in [5, 5.41) is 0. The molecule has 0 aliphatic carbocycles. The average Bonchev–Trinajstić information content (AvgIpc) is 2.30. The SMILES string of the molecule is CCCCCCCCCC[N+](C)(C)C/C=C/Cl. The highest BCUT2D eigenvalue weighted by molar-refractivity contribution is 6.25. The molecular formula is C15H31ClN+. The minimum Gasteiger partial charge on any atom is -0.325 e. The minimum atomic E-state index is 1.04. The zero-order valence-electron chi connectivity index (χ0n) is 12.1. The lowest BCUT2D eigenvalue weighted by atomic mass is 10.1. The first-order chi connectivity index (χ1) is 8.12. The molecule has 0 atom stereocenters. The van der Waals surface area contributed by atoms with E-state index in [9.17, 15) is 0 Å². The molecule has 0 aromatic carbocycles. The number of unbranched alkanes of at least 4 members (excludes halogenated alkanes) is 7. The van der Waals surface area contributed by atoms with Crippen LogP contribution >= 0.6 is 11.6 Å². The van der Waals surface area contributed by atoms with Gasteiger partial charge in [-0.05, 0) is 18.9 Å². The molecule has 0 bridgehead atoms. The molecule has 0 saturated heterocycles. The van der Waals surface area contributed by atoms with Gasteiger partial charge in [0.2, 0.25) is 0 Å². The molecule has 0 aliphatic heterocycles. The maximum absolute atomic E-state index is 5.56. The summed E-state index contributed by atoms with van der Waals surface area (Å²) >= 11 is 5.56. The normalized spacial score (nSPS) is 12.5. The minimum absolute atomic E-state index is 1.04. The van der Waals surface area contributed by atoms with E-state index in [0.717, 1.165) is 11.0 Å². The topological polar surface area (TPSA) is 0 Å². The quantitative estimate of drug-likeness (QED) is 0.364. The van der Waals surface area contributed by atoms with Crippen molar-refractivity contribution >= 4 is 11.6 Å². The molecule has 0 aromatic rings. The van der Waals surface area contributed by atoms with Gasteiger partial charge >= 0.3 is 0 Å². The third-order valence-electron chi connectivity index (χ3n) is 3.31. The molecule has 0 N–H and O–H groups in total. The lowest BCUT2D eigenvalue weighted by Gasteiger charge is -2.28. The van der Waals surface area contributed by atoms with E-state index in [-0.39, 0.29) is 0 Å². The van der Waals surface area contributed by atoms with E-state index >= 15 is 0 Å². The molecule has 0 unspecified atom stereocenters. The summed E-state index contributed by atoms with van der Waals surface area (Å²) in [6.07, 6.45) is 13.2. The fourth-order valence-corrected chi connectivity index (χ4v) is 2.17. The van der Waals surface area contributed by atoms with Gasteiger partial charge in [0.1, 0.15) is 0 Å². The fraction of sp³-hybridized carbons (Fsp3) is 0.867. The van der Waals surface area contributed by atoms with Crippen LogP contribution in [0.25, 0.3) is 0 Å². The first kappa shape index (κ1) is 17.0. The number of likely N-dealkylation sites (N-methyl/N-ethyl adjacent to an activating group) is 1. The summed E-state index contributed by atoms with van der Waals surface area (Å²) in [6.45, 7) is 4.57. The van der Waals surface area contributed by atoms with Crippen LogP contribution in [0.4, 0.5) is 0 Å². The number of halogens is 1. The molecule has 1 nitrogen and oxygen atoms in total. The van der Waals surface area contributed by atoms with Crippen LogP contribution < -0.4 is 0 Å². The summed E-state index contributed by atoms with van der Waals surface area (Å²) < 4.78 is 1.05. The highest BCUT2D eigenvalue weighted by Gasteiger charge is 2.11. The molecule has 0 saturated carbocycles. The highest BCUT2D eigenvalue weighted by atomic mass is 35.5. The molecule has 0 aliphatic rings. The second kappa shape index (κ2) is 11.1. The fourth-order valence-electron chi connectivity index (χ4n) is 2.09. The Bertz CT molecular complexity index is 187. The first-order valence-electron chi connectivity index (χ1n) is 7.19. The third kappa shape index (κ3) is 12.2. The molecular weight excluding hydrogens is 230 g/mol. The van der Waals surface area contributed by atoms with Gasteiger partial charge in [-0.1, -0.05) is 57.0 Å². The molecule has 0 fully saturated rings. The molecule has 0 heterocycles. The van der Waals surface area contributed by atoms with Gasteiger partial charge in [-0.2, -0.15) is 0 Å². The van der Waals surface area contributed by atoms with Crippen LogP contribution in [0.1, 0.15) is 58.3 Å². The second-order valence-corrected chi connectivity index (χ2v) is 5.93. The van der Waals surface area contributed by atoms with Crippen molar-refractivity contribution in [2.45, 2.75) is 58.3 Å². The van der Waals surface area contributed by atoms with Crippen LogP contribution in [0.2, 0.25) is 0 Å². The van der Waals surface area contributed by atoms with Gasteiger partial charge in [-0.25, -0.2) is 0 Å². The van der Waals surface area contributed by atoms with Crippen molar-refractivity contribution < 1.29 is 4.48 Å². The van der Waals surface area contributed by atoms with E-state index in [1.54, 1.807) is 5.54 Å². The molecule has 2 heteroatoms. The molecule has 0 amide bonds. The van der Waals surface area contributed by atoms with Crippen molar-refractivity contribution in [3.8, 4) is 0 Å². The Hall–Kier alpha value is -0.0100. The van der Waals surface area contributed by atoms with Crippen molar-refractivity contribution in [2.24, 2.45) is 0 Å². The monoisotopic (exact) mass is 260 g/mol. The first-order valence-corrected chi connectivity index (χ1v) is 7.63. The number of hydrogen-bond donors (Lipinski definition) is 0. The van der Waals surface area contributed by atoms with Crippen molar-refractivity contribution in [2.75, 3.05) is 27.2 Å². The third-order valence-corrected chi connectivity index (χ3v) is 3.48. The van der Waals surface area contributed by atoms with Gasteiger partial charge < -0.3 is 4.48 Å². The molecule has 0 radical (unpaired) electrons. The van der Waals surface area contributed by atoms with Crippen molar-refractivity contribution in [3.63, 3.8) is 0 Å². The van der Waals surface area contributed by atoms with E-state index < -0.39 is 0 Å². The molecule has 0 aromatic heterocycles. The van der Waals surface area contributed by atoms with Crippen molar-refractivity contribution in [3.05, 3.63) is 11.6 Å². The summed E-state index contributed by atoms with van der Waals surface area (Å²) in [4.78, 5) is 0. The Labute approximate surface area is 113 Å². The zero-order chi connectivity index (χ0) is 13.0. The predicted molar refractivity (Wildman–Crippen MR) is 79.4 cm³/mol. The Kier molecular flexibility index (Phi) is 11.1. The summed E-state index contributed by atoms with van der Waals surface area (Å²) in [7, 11) is 4.55. The Balaban J connectivity index is 3.32. The van der Waals surface area contributed by atoms with Gasteiger partial charge in [0.05, 0.1) is 27.2 Å². The maximum Gasteiger partial charge on any atom is 0.0981 e. The van der Waals surface area contributed by atoms with E-state index in [0.29, 0.717) is 0 Å². The van der Waals surface area contributed by atoms with E-state index in [1.165, 1.54) is 57.9 Å². The van der Waals surface area contributed by atoms with Gasteiger partial charge in [-0.3, -0.25) is 0 Å². The molecule has 0 spiro atoms. The molecule has 17 heavy (non-hydrogen) atoms. The smallest absolute Gasteiger partial charge is 0.0981 e. The largest absolute Gasteiger partial charge is 0.325 e. The lowest BCUT2D eigenvalue weighted by Crippen LogP contribution is -2.40. The highest BCUT2D eigenvalue weighted by Crippen LogP contribution is 2.10. The second-order valence-electron chi connectivity index (χ2n) is 5.68. The number of nitrogens with zero attached hydrogens (tertiary/aromatic N) is 1. The van der Waals surface area contributed by atoms with Crippen molar-refractivity contribution in [1.82, 2.24) is 0 Å². The molecule has 0 rings (SSSR count). The van der Waals surface area contributed by atoms with Crippen molar-refractivity contribution in [1.29, 1.82) is 0 Å². The summed E-state index contributed by atoms with van der Waals surface area (Å²) in [5.41, 5.74) is 1.63. The van der Waals surface area contributed by atoms with Gasteiger partial charge in [0.25, 0.3) is 0 Å². The Morgan fingerprint density at radius 1 is 0.882 bits per heavy atom. The van der Waals surface area contributed by atoms with Gasteiger partial charge in [-0.15, -0.1) is 0 Å². The van der Waals surface area contributed by atoms with E-state index in [1.807, 2.05) is 6.08 Å². The summed E-state index contributed by atoms with van der Waals surface area (Å²) in [5.74, 6) is 0. The Morgan fingerprint density at radius 3 is 1.94 bits per heavy atom. The number of rotatable bonds is 11.